The van der Waals surface area contributed by atoms with Crippen molar-refractivity contribution in [2.24, 2.45) is 0 Å². The van der Waals surface area contributed by atoms with Gasteiger partial charge in [-0.25, -0.2) is 0 Å². The summed E-state index contributed by atoms with van der Waals surface area (Å²) in [6.07, 6.45) is 0. The number of anilines is 1. The number of rotatable bonds is 0. The maximum absolute atomic E-state index is 10.8. The summed E-state index contributed by atoms with van der Waals surface area (Å²) in [6, 6.07) is 5.47. The van der Waals surface area contributed by atoms with Crippen molar-refractivity contribution < 1.29 is 0 Å². The lowest BCUT2D eigenvalue weighted by Crippen LogP contribution is -1.92. The van der Waals surface area contributed by atoms with Crippen LogP contribution in [0.5, 0.6) is 0 Å². The maximum atomic E-state index is 10.8. The van der Waals surface area contributed by atoms with Crippen LogP contribution < -0.4 is 10.6 Å². The van der Waals surface area contributed by atoms with E-state index in [0.29, 0.717) is 5.69 Å². The topological polar surface area (TPSA) is 58.9 Å². The van der Waals surface area contributed by atoms with Gasteiger partial charge in [0.2, 0.25) is 0 Å². The van der Waals surface area contributed by atoms with E-state index in [4.69, 9.17) is 5.73 Å². The molecular formula is C7H6N2OS. The summed E-state index contributed by atoms with van der Waals surface area (Å²) in [5.74, 6) is 0. The van der Waals surface area contributed by atoms with Gasteiger partial charge in [-0.05, 0) is 12.1 Å². The Morgan fingerprint density at radius 3 is 3.00 bits per heavy atom. The molecule has 2 rings (SSSR count). The highest BCUT2D eigenvalue weighted by molar-refractivity contribution is 7.16. The van der Waals surface area contributed by atoms with Gasteiger partial charge in [0, 0.05) is 0 Å². The molecule has 3 N–H and O–H groups in total. The molecule has 0 atom stereocenters. The summed E-state index contributed by atoms with van der Waals surface area (Å²) in [5.41, 5.74) is 6.98. The Morgan fingerprint density at radius 2 is 2.27 bits per heavy atom. The third-order valence-corrected chi connectivity index (χ3v) is 2.34. The Balaban J connectivity index is 3.01. The second kappa shape index (κ2) is 2.10. The third kappa shape index (κ3) is 0.914. The fourth-order valence-corrected chi connectivity index (χ4v) is 1.76. The molecule has 0 aliphatic rings. The zero-order valence-electron chi connectivity index (χ0n) is 5.63. The molecule has 0 saturated heterocycles. The van der Waals surface area contributed by atoms with Gasteiger partial charge in [0.1, 0.15) is 0 Å². The van der Waals surface area contributed by atoms with Crippen molar-refractivity contribution in [2.75, 3.05) is 5.73 Å². The molecule has 56 valence electrons. The number of aromatic nitrogens is 1. The number of fused-ring (bicyclic) bond motifs is 1. The van der Waals surface area contributed by atoms with Gasteiger partial charge in [-0.2, -0.15) is 0 Å². The van der Waals surface area contributed by atoms with E-state index in [2.05, 4.69) is 4.98 Å². The Hall–Kier alpha value is -1.29. The number of nitrogens with one attached hydrogen (secondary N) is 1. The van der Waals surface area contributed by atoms with Crippen LogP contribution in [0.2, 0.25) is 0 Å². The second-order valence-corrected chi connectivity index (χ2v) is 3.25. The number of hydrogen-bond donors (Lipinski definition) is 2. The van der Waals surface area contributed by atoms with Gasteiger partial charge < -0.3 is 10.7 Å². The molecule has 1 aromatic heterocycles. The summed E-state index contributed by atoms with van der Waals surface area (Å²) >= 11 is 1.18. The Kier molecular flexibility index (Phi) is 1.22. The minimum Gasteiger partial charge on any atom is -0.397 e. The van der Waals surface area contributed by atoms with E-state index in [-0.39, 0.29) is 4.87 Å². The molecule has 3 nitrogen and oxygen atoms in total. The van der Waals surface area contributed by atoms with Crippen LogP contribution >= 0.6 is 11.3 Å². The quantitative estimate of drug-likeness (QED) is 0.577. The molecule has 0 radical (unpaired) electrons. The standard InChI is InChI=1S/C7H6N2OS/c8-4-2-1-3-5-6(4)9-7(10)11-5/h1-3H,8H2,(H,9,10). The lowest BCUT2D eigenvalue weighted by Gasteiger charge is -1.91. The predicted octanol–water partition coefficient (Wildman–Crippen LogP) is 1.17. The molecule has 2 aromatic rings. The third-order valence-electron chi connectivity index (χ3n) is 1.49. The summed E-state index contributed by atoms with van der Waals surface area (Å²) < 4.78 is 0.912. The number of aromatic amines is 1. The Morgan fingerprint density at radius 1 is 1.45 bits per heavy atom. The molecule has 0 fully saturated rings. The highest BCUT2D eigenvalue weighted by Crippen LogP contribution is 2.19. The average molecular weight is 166 g/mol. The first-order valence-electron chi connectivity index (χ1n) is 3.15. The fourth-order valence-electron chi connectivity index (χ4n) is 0.994. The Bertz CT molecular complexity index is 443. The van der Waals surface area contributed by atoms with E-state index in [1.54, 1.807) is 6.07 Å². The van der Waals surface area contributed by atoms with Crippen LogP contribution in [0.25, 0.3) is 10.2 Å². The highest BCUT2D eigenvalue weighted by Gasteiger charge is 1.99. The van der Waals surface area contributed by atoms with Gasteiger partial charge in [-0.1, -0.05) is 17.4 Å². The highest BCUT2D eigenvalue weighted by atomic mass is 32.1. The molecule has 1 aromatic carbocycles. The first-order chi connectivity index (χ1) is 5.27. The van der Waals surface area contributed by atoms with Crippen LogP contribution in [-0.4, -0.2) is 4.98 Å². The number of hydrogen-bond acceptors (Lipinski definition) is 3. The fraction of sp³-hybridized carbons (Fsp3) is 0. The van der Waals surface area contributed by atoms with E-state index in [1.807, 2.05) is 12.1 Å². The van der Waals surface area contributed by atoms with E-state index >= 15 is 0 Å². The molecule has 0 bridgehead atoms. The van der Waals surface area contributed by atoms with Crippen LogP contribution in [0, 0.1) is 0 Å². The minimum atomic E-state index is -0.0575. The van der Waals surface area contributed by atoms with Crippen molar-refractivity contribution in [3.8, 4) is 0 Å². The van der Waals surface area contributed by atoms with Gasteiger partial charge in [-0.15, -0.1) is 0 Å². The largest absolute Gasteiger partial charge is 0.397 e. The molecular weight excluding hydrogens is 160 g/mol. The van der Waals surface area contributed by atoms with Gasteiger partial charge in [-0.3, -0.25) is 4.79 Å². The second-order valence-electron chi connectivity index (χ2n) is 2.23. The molecule has 0 amide bonds. The van der Waals surface area contributed by atoms with Crippen LogP contribution in [0.1, 0.15) is 0 Å². The van der Waals surface area contributed by atoms with Crippen LogP contribution in [0.15, 0.2) is 23.0 Å². The van der Waals surface area contributed by atoms with Gasteiger partial charge >= 0.3 is 4.87 Å². The average Bonchev–Trinajstić information content (AvgIpc) is 2.31. The number of nitrogen functional groups attached to an aromatic ring is 1. The van der Waals surface area contributed by atoms with Crippen molar-refractivity contribution in [1.29, 1.82) is 0 Å². The number of benzene rings is 1. The van der Waals surface area contributed by atoms with Crippen molar-refractivity contribution >= 4 is 27.2 Å². The molecule has 1 heterocycles. The molecule has 0 unspecified atom stereocenters. The van der Waals surface area contributed by atoms with Crippen LogP contribution in [-0.2, 0) is 0 Å². The molecule has 4 heteroatoms. The molecule has 0 saturated carbocycles. The SMILES string of the molecule is Nc1cccc2sc(=O)[nH]c12. The maximum Gasteiger partial charge on any atom is 0.305 e. The van der Waals surface area contributed by atoms with Crippen LogP contribution in [0.4, 0.5) is 5.69 Å². The zero-order valence-corrected chi connectivity index (χ0v) is 6.44. The summed E-state index contributed by atoms with van der Waals surface area (Å²) in [5, 5.41) is 0. The first-order valence-corrected chi connectivity index (χ1v) is 3.96. The summed E-state index contributed by atoms with van der Waals surface area (Å²) in [4.78, 5) is 13.5. The van der Waals surface area contributed by atoms with E-state index in [0.717, 1.165) is 10.2 Å². The molecule has 0 aliphatic carbocycles. The van der Waals surface area contributed by atoms with Crippen molar-refractivity contribution in [3.05, 3.63) is 27.9 Å². The summed E-state index contributed by atoms with van der Waals surface area (Å²) in [7, 11) is 0. The number of H-pyrrole nitrogens is 1. The van der Waals surface area contributed by atoms with Crippen LogP contribution in [0.3, 0.4) is 0 Å². The minimum absolute atomic E-state index is 0.0575. The summed E-state index contributed by atoms with van der Waals surface area (Å²) in [6.45, 7) is 0. The Labute approximate surface area is 66.5 Å². The molecule has 11 heavy (non-hydrogen) atoms. The van der Waals surface area contributed by atoms with Gasteiger partial charge in [0.05, 0.1) is 15.9 Å². The lowest BCUT2D eigenvalue weighted by molar-refractivity contribution is 1.41. The van der Waals surface area contributed by atoms with Crippen molar-refractivity contribution in [3.63, 3.8) is 0 Å². The van der Waals surface area contributed by atoms with E-state index < -0.39 is 0 Å². The van der Waals surface area contributed by atoms with Gasteiger partial charge in [0.15, 0.2) is 0 Å². The molecule has 0 aliphatic heterocycles. The van der Waals surface area contributed by atoms with Crippen molar-refractivity contribution in [2.45, 2.75) is 0 Å². The number of thiazole rings is 1. The predicted molar refractivity (Wildman–Crippen MR) is 46.9 cm³/mol. The first kappa shape index (κ1) is 6.42. The van der Waals surface area contributed by atoms with E-state index in [9.17, 15) is 4.79 Å². The number of para-hydroxylation sites is 1. The zero-order chi connectivity index (χ0) is 7.84. The smallest absolute Gasteiger partial charge is 0.305 e. The van der Waals surface area contributed by atoms with Crippen molar-refractivity contribution in [1.82, 2.24) is 4.98 Å². The molecule has 0 spiro atoms. The van der Waals surface area contributed by atoms with Gasteiger partial charge in [0.25, 0.3) is 0 Å². The monoisotopic (exact) mass is 166 g/mol. The van der Waals surface area contributed by atoms with E-state index in [1.165, 1.54) is 11.3 Å². The lowest BCUT2D eigenvalue weighted by atomic mass is 10.3. The normalized spacial score (nSPS) is 10.5. The number of nitrogens with two attached hydrogens (primary N) is 1.